The molecule has 1 fully saturated rings. The number of benzene rings is 3. The summed E-state index contributed by atoms with van der Waals surface area (Å²) in [5.74, 6) is -0.411. The number of carbonyl (C=O) groups is 3. The van der Waals surface area contributed by atoms with E-state index in [1.165, 1.54) is 10.8 Å². The highest BCUT2D eigenvalue weighted by molar-refractivity contribution is 6.05. The third-order valence-corrected chi connectivity index (χ3v) is 6.19. The fourth-order valence-electron chi connectivity index (χ4n) is 4.36. The van der Waals surface area contributed by atoms with Crippen LogP contribution in [0.15, 0.2) is 54.6 Å². The molecule has 0 spiro atoms. The van der Waals surface area contributed by atoms with Crippen LogP contribution in [0.25, 0.3) is 21.5 Å². The van der Waals surface area contributed by atoms with Gasteiger partial charge in [-0.3, -0.25) is 9.59 Å². The molecule has 0 radical (unpaired) electrons. The molecule has 1 heterocycles. The minimum Gasteiger partial charge on any atom is -0.492 e. The van der Waals surface area contributed by atoms with E-state index in [-0.39, 0.29) is 19.3 Å². The van der Waals surface area contributed by atoms with E-state index in [0.29, 0.717) is 18.1 Å². The molecule has 2 amide bonds. The van der Waals surface area contributed by atoms with Crippen LogP contribution in [0, 0.1) is 0 Å². The number of carbonyl (C=O) groups excluding carboxylic acids is 3. The maximum absolute atomic E-state index is 11.8. The van der Waals surface area contributed by atoms with Gasteiger partial charge in [0.05, 0.1) is 6.61 Å². The van der Waals surface area contributed by atoms with Gasteiger partial charge in [-0.15, -0.1) is 5.06 Å². The van der Waals surface area contributed by atoms with Crippen molar-refractivity contribution in [3.05, 3.63) is 54.6 Å². The molecule has 6 nitrogen and oxygen atoms in total. The Labute approximate surface area is 199 Å². The van der Waals surface area contributed by atoms with Crippen molar-refractivity contribution in [2.45, 2.75) is 64.2 Å². The minimum absolute atomic E-state index is 0.121. The second-order valence-electron chi connectivity index (χ2n) is 8.77. The Morgan fingerprint density at radius 3 is 1.88 bits per heavy atom. The van der Waals surface area contributed by atoms with Crippen molar-refractivity contribution in [2.24, 2.45) is 0 Å². The van der Waals surface area contributed by atoms with Crippen LogP contribution in [0.1, 0.15) is 64.2 Å². The van der Waals surface area contributed by atoms with Crippen LogP contribution in [0.2, 0.25) is 0 Å². The zero-order valence-corrected chi connectivity index (χ0v) is 19.5. The number of ether oxygens (including phenoxy) is 1. The van der Waals surface area contributed by atoms with E-state index in [4.69, 9.17) is 9.57 Å². The predicted octanol–water partition coefficient (Wildman–Crippen LogP) is 6.10. The van der Waals surface area contributed by atoms with Crippen LogP contribution in [0.4, 0.5) is 0 Å². The first-order valence-electron chi connectivity index (χ1n) is 12.2. The van der Waals surface area contributed by atoms with Gasteiger partial charge in [0, 0.05) is 30.0 Å². The molecule has 0 saturated carbocycles. The minimum atomic E-state index is -0.512. The second-order valence-corrected chi connectivity index (χ2v) is 8.77. The number of hydrogen-bond acceptors (Lipinski definition) is 5. The first-order valence-corrected chi connectivity index (χ1v) is 12.2. The van der Waals surface area contributed by atoms with Gasteiger partial charge in [0.2, 0.25) is 0 Å². The van der Waals surface area contributed by atoms with Crippen molar-refractivity contribution in [3.8, 4) is 5.75 Å². The fraction of sp³-hybridized carbons (Fsp3) is 0.393. The van der Waals surface area contributed by atoms with Gasteiger partial charge in [0.15, 0.2) is 0 Å². The number of fused-ring (bicyclic) bond motifs is 2. The van der Waals surface area contributed by atoms with E-state index in [1.54, 1.807) is 0 Å². The van der Waals surface area contributed by atoms with Gasteiger partial charge < -0.3 is 9.57 Å². The number of hydrogen-bond donors (Lipinski definition) is 0. The van der Waals surface area contributed by atoms with Crippen LogP contribution < -0.4 is 4.74 Å². The van der Waals surface area contributed by atoms with E-state index >= 15 is 0 Å². The van der Waals surface area contributed by atoms with E-state index in [2.05, 4.69) is 54.6 Å². The van der Waals surface area contributed by atoms with Crippen LogP contribution >= 0.6 is 0 Å². The van der Waals surface area contributed by atoms with Gasteiger partial charge >= 0.3 is 5.97 Å². The van der Waals surface area contributed by atoms with Crippen molar-refractivity contribution < 1.29 is 24.0 Å². The summed E-state index contributed by atoms with van der Waals surface area (Å²) in [4.78, 5) is 39.6. The van der Waals surface area contributed by atoms with E-state index in [1.807, 2.05) is 0 Å². The molecule has 1 saturated heterocycles. The van der Waals surface area contributed by atoms with Gasteiger partial charge in [-0.25, -0.2) is 4.79 Å². The number of imide groups is 1. The molecule has 0 bridgehead atoms. The maximum Gasteiger partial charge on any atom is 0.333 e. The average Bonchev–Trinajstić information content (AvgIpc) is 3.16. The zero-order chi connectivity index (χ0) is 23.8. The van der Waals surface area contributed by atoms with Gasteiger partial charge in [0.1, 0.15) is 5.75 Å². The van der Waals surface area contributed by atoms with Gasteiger partial charge in [0.25, 0.3) is 11.8 Å². The molecule has 34 heavy (non-hydrogen) atoms. The first-order chi connectivity index (χ1) is 16.6. The van der Waals surface area contributed by atoms with Crippen LogP contribution in [-0.2, 0) is 19.2 Å². The highest BCUT2D eigenvalue weighted by atomic mass is 16.7. The zero-order valence-electron chi connectivity index (χ0n) is 19.5. The fourth-order valence-corrected chi connectivity index (χ4v) is 4.36. The number of unbranched alkanes of at least 4 members (excludes halogenated alkanes) is 6. The molecular formula is C28H31NO5. The van der Waals surface area contributed by atoms with E-state index in [9.17, 15) is 14.4 Å². The van der Waals surface area contributed by atoms with Crippen molar-refractivity contribution in [2.75, 3.05) is 6.61 Å². The Balaban J connectivity index is 1.11. The lowest BCUT2D eigenvalue weighted by molar-refractivity contribution is -0.197. The Hall–Kier alpha value is -3.41. The summed E-state index contributed by atoms with van der Waals surface area (Å²) in [5.41, 5.74) is 0. The average molecular weight is 462 g/mol. The van der Waals surface area contributed by atoms with Crippen molar-refractivity contribution in [1.82, 2.24) is 5.06 Å². The summed E-state index contributed by atoms with van der Waals surface area (Å²) in [5, 5.41) is 5.31. The number of nitrogens with zero attached hydrogens (tertiary/aromatic N) is 1. The molecule has 0 unspecified atom stereocenters. The molecule has 178 valence electrons. The number of hydroxylamine groups is 2. The summed E-state index contributed by atoms with van der Waals surface area (Å²) in [6.07, 6.45) is 7.47. The van der Waals surface area contributed by atoms with Crippen molar-refractivity contribution in [1.29, 1.82) is 0 Å². The van der Waals surface area contributed by atoms with Gasteiger partial charge in [-0.1, -0.05) is 80.6 Å². The Kier molecular flexibility index (Phi) is 8.12. The number of rotatable bonds is 12. The van der Waals surface area contributed by atoms with Gasteiger partial charge in [-0.05, 0) is 29.7 Å². The molecule has 1 aliphatic heterocycles. The quantitative estimate of drug-likeness (QED) is 0.185. The van der Waals surface area contributed by atoms with Gasteiger partial charge in [-0.2, -0.15) is 0 Å². The lowest BCUT2D eigenvalue weighted by Crippen LogP contribution is -2.31. The van der Waals surface area contributed by atoms with Crippen LogP contribution in [0.5, 0.6) is 5.75 Å². The normalized spacial score (nSPS) is 13.7. The Morgan fingerprint density at radius 2 is 1.26 bits per heavy atom. The largest absolute Gasteiger partial charge is 0.492 e. The molecule has 4 rings (SSSR count). The SMILES string of the molecule is O=C(CCCCCCCCCOc1c2ccccc2cc2ccccc12)ON1C(=O)CCC1=O. The van der Waals surface area contributed by atoms with Crippen LogP contribution in [0.3, 0.4) is 0 Å². The highest BCUT2D eigenvalue weighted by Gasteiger charge is 2.32. The summed E-state index contributed by atoms with van der Waals surface area (Å²) in [6.45, 7) is 0.692. The standard InChI is InChI=1S/C28H31NO5/c30-25-17-18-26(31)29(25)34-27(32)16-6-4-2-1-3-5-11-19-33-28-23-14-9-7-12-21(23)20-22-13-8-10-15-24(22)28/h7-10,12-15,20H,1-6,11,16-19H2. The second kappa shape index (κ2) is 11.6. The first kappa shape index (κ1) is 23.7. The van der Waals surface area contributed by atoms with Crippen LogP contribution in [-0.4, -0.2) is 29.5 Å². The lowest BCUT2D eigenvalue weighted by Gasteiger charge is -2.13. The highest BCUT2D eigenvalue weighted by Crippen LogP contribution is 2.34. The summed E-state index contributed by atoms with van der Waals surface area (Å²) >= 11 is 0. The Morgan fingerprint density at radius 1 is 0.735 bits per heavy atom. The number of amides is 2. The summed E-state index contributed by atoms with van der Waals surface area (Å²) < 4.78 is 6.27. The smallest absolute Gasteiger partial charge is 0.333 e. The Bertz CT molecular complexity index is 1100. The molecule has 6 heteroatoms. The van der Waals surface area contributed by atoms with Crippen molar-refractivity contribution >= 4 is 39.3 Å². The topological polar surface area (TPSA) is 72.9 Å². The third-order valence-electron chi connectivity index (χ3n) is 6.19. The van der Waals surface area contributed by atoms with E-state index < -0.39 is 17.8 Å². The molecule has 3 aromatic rings. The molecular weight excluding hydrogens is 430 g/mol. The molecule has 3 aromatic carbocycles. The molecule has 0 N–H and O–H groups in total. The summed E-state index contributed by atoms with van der Waals surface area (Å²) in [6, 6.07) is 18.9. The molecule has 1 aliphatic rings. The summed E-state index contributed by atoms with van der Waals surface area (Å²) in [7, 11) is 0. The monoisotopic (exact) mass is 461 g/mol. The lowest BCUT2D eigenvalue weighted by atomic mass is 10.0. The van der Waals surface area contributed by atoms with Crippen molar-refractivity contribution in [3.63, 3.8) is 0 Å². The molecule has 0 aliphatic carbocycles. The third kappa shape index (κ3) is 5.93. The molecule has 0 aromatic heterocycles. The maximum atomic E-state index is 11.8. The molecule has 0 atom stereocenters. The predicted molar refractivity (Wildman–Crippen MR) is 131 cm³/mol. The van der Waals surface area contributed by atoms with E-state index in [0.717, 1.165) is 55.0 Å².